The van der Waals surface area contributed by atoms with Crippen LogP contribution in [0.25, 0.3) is 0 Å². The van der Waals surface area contributed by atoms with Gasteiger partial charge in [-0.05, 0) is 38.4 Å². The number of aromatic nitrogens is 1. The van der Waals surface area contributed by atoms with Crippen LogP contribution >= 0.6 is 0 Å². The molecule has 1 aromatic heterocycles. The number of hydrogen-bond donors (Lipinski definition) is 2. The molecule has 0 radical (unpaired) electrons. The molecule has 0 spiro atoms. The quantitative estimate of drug-likeness (QED) is 0.778. The smallest absolute Gasteiger partial charge is 0.142 e. The zero-order chi connectivity index (χ0) is 13.5. The molecule has 18 heavy (non-hydrogen) atoms. The molecule has 4 heteroatoms. The lowest BCUT2D eigenvalue weighted by atomic mass is 10.2. The Labute approximate surface area is 109 Å². The van der Waals surface area contributed by atoms with Crippen LogP contribution in [0.2, 0.25) is 0 Å². The largest absolute Gasteiger partial charge is 0.489 e. The minimum Gasteiger partial charge on any atom is -0.489 e. The standard InChI is InChI=1S/C14H24N2O2/c1-10(2)7-15-8-13-14(18-9-12(4)17)6-5-11(3)16-13/h5-6,10,12,15,17H,7-9H2,1-4H3. The highest BCUT2D eigenvalue weighted by Gasteiger charge is 2.07. The van der Waals surface area contributed by atoms with Crippen LogP contribution in [0.1, 0.15) is 32.2 Å². The van der Waals surface area contributed by atoms with Gasteiger partial charge >= 0.3 is 0 Å². The predicted octanol–water partition coefficient (Wildman–Crippen LogP) is 1.90. The third-order valence-electron chi connectivity index (χ3n) is 2.40. The summed E-state index contributed by atoms with van der Waals surface area (Å²) in [5, 5.41) is 12.6. The zero-order valence-electron chi connectivity index (χ0n) is 11.7. The van der Waals surface area contributed by atoms with Crippen LogP contribution in [0.4, 0.5) is 0 Å². The van der Waals surface area contributed by atoms with Gasteiger partial charge in [-0.3, -0.25) is 4.98 Å². The fourth-order valence-electron chi connectivity index (χ4n) is 1.55. The third-order valence-corrected chi connectivity index (χ3v) is 2.40. The van der Waals surface area contributed by atoms with E-state index in [0.29, 0.717) is 19.1 Å². The first-order valence-corrected chi connectivity index (χ1v) is 6.47. The summed E-state index contributed by atoms with van der Waals surface area (Å²) in [6, 6.07) is 3.83. The molecule has 0 amide bonds. The molecule has 0 aliphatic carbocycles. The highest BCUT2D eigenvalue weighted by atomic mass is 16.5. The van der Waals surface area contributed by atoms with Crippen LogP contribution in [0.5, 0.6) is 5.75 Å². The van der Waals surface area contributed by atoms with E-state index in [2.05, 4.69) is 24.1 Å². The minimum atomic E-state index is -0.470. The fraction of sp³-hybridized carbons (Fsp3) is 0.643. The molecule has 1 rings (SSSR count). The molecule has 4 nitrogen and oxygen atoms in total. The summed E-state index contributed by atoms with van der Waals surface area (Å²) in [6.45, 7) is 9.94. The number of nitrogens with one attached hydrogen (secondary N) is 1. The topological polar surface area (TPSA) is 54.4 Å². The van der Waals surface area contributed by atoms with Crippen molar-refractivity contribution < 1.29 is 9.84 Å². The van der Waals surface area contributed by atoms with E-state index in [1.807, 2.05) is 19.1 Å². The number of ether oxygens (including phenoxy) is 1. The van der Waals surface area contributed by atoms with Crippen LogP contribution in [-0.4, -0.2) is 29.3 Å². The second-order valence-corrected chi connectivity index (χ2v) is 5.08. The second kappa shape index (κ2) is 7.34. The summed E-state index contributed by atoms with van der Waals surface area (Å²) >= 11 is 0. The van der Waals surface area contributed by atoms with E-state index in [9.17, 15) is 5.11 Å². The van der Waals surface area contributed by atoms with Gasteiger partial charge in [-0.2, -0.15) is 0 Å². The van der Waals surface area contributed by atoms with E-state index in [-0.39, 0.29) is 0 Å². The van der Waals surface area contributed by atoms with Crippen molar-refractivity contribution in [3.63, 3.8) is 0 Å². The van der Waals surface area contributed by atoms with Gasteiger partial charge in [0.25, 0.3) is 0 Å². The molecule has 0 saturated carbocycles. The van der Waals surface area contributed by atoms with Crippen molar-refractivity contribution in [2.45, 2.75) is 40.3 Å². The van der Waals surface area contributed by atoms with Gasteiger partial charge in [0.1, 0.15) is 12.4 Å². The number of aryl methyl sites for hydroxylation is 1. The van der Waals surface area contributed by atoms with E-state index in [1.165, 1.54) is 0 Å². The molecule has 1 atom stereocenters. The first-order valence-electron chi connectivity index (χ1n) is 6.47. The number of pyridine rings is 1. The van der Waals surface area contributed by atoms with E-state index in [4.69, 9.17) is 4.74 Å². The molecule has 2 N–H and O–H groups in total. The Kier molecular flexibility index (Phi) is 6.09. The number of hydrogen-bond acceptors (Lipinski definition) is 4. The number of nitrogens with zero attached hydrogens (tertiary/aromatic N) is 1. The van der Waals surface area contributed by atoms with Gasteiger partial charge in [-0.1, -0.05) is 13.8 Å². The van der Waals surface area contributed by atoms with Crippen LogP contribution in [0, 0.1) is 12.8 Å². The van der Waals surface area contributed by atoms with Gasteiger partial charge in [0.05, 0.1) is 11.8 Å². The first kappa shape index (κ1) is 14.9. The lowest BCUT2D eigenvalue weighted by Crippen LogP contribution is -2.21. The lowest BCUT2D eigenvalue weighted by Gasteiger charge is -2.14. The van der Waals surface area contributed by atoms with Gasteiger partial charge in [0.2, 0.25) is 0 Å². The van der Waals surface area contributed by atoms with Crippen LogP contribution in [0.15, 0.2) is 12.1 Å². The molecule has 0 bridgehead atoms. The molecule has 1 heterocycles. The highest BCUT2D eigenvalue weighted by Crippen LogP contribution is 2.17. The van der Waals surface area contributed by atoms with Gasteiger partial charge in [0.15, 0.2) is 0 Å². The normalized spacial score (nSPS) is 12.8. The summed E-state index contributed by atoms with van der Waals surface area (Å²) in [5.74, 6) is 1.36. The average Bonchev–Trinajstić information content (AvgIpc) is 2.27. The molecule has 1 unspecified atom stereocenters. The van der Waals surface area contributed by atoms with Gasteiger partial charge < -0.3 is 15.2 Å². The summed E-state index contributed by atoms with van der Waals surface area (Å²) in [6.07, 6.45) is -0.470. The highest BCUT2D eigenvalue weighted by molar-refractivity contribution is 5.29. The lowest BCUT2D eigenvalue weighted by molar-refractivity contribution is 0.121. The van der Waals surface area contributed by atoms with Crippen molar-refractivity contribution in [2.24, 2.45) is 5.92 Å². The maximum absolute atomic E-state index is 9.25. The summed E-state index contributed by atoms with van der Waals surface area (Å²) in [5.41, 5.74) is 1.87. The Morgan fingerprint density at radius 3 is 2.67 bits per heavy atom. The monoisotopic (exact) mass is 252 g/mol. The molecule has 0 saturated heterocycles. The first-order chi connectivity index (χ1) is 8.49. The van der Waals surface area contributed by atoms with Crippen molar-refractivity contribution in [3.8, 4) is 5.75 Å². The molecule has 102 valence electrons. The average molecular weight is 252 g/mol. The van der Waals surface area contributed by atoms with Crippen LogP contribution < -0.4 is 10.1 Å². The molecular formula is C14H24N2O2. The Morgan fingerprint density at radius 2 is 2.06 bits per heavy atom. The number of aliphatic hydroxyl groups excluding tert-OH is 1. The zero-order valence-corrected chi connectivity index (χ0v) is 11.7. The second-order valence-electron chi connectivity index (χ2n) is 5.08. The summed E-state index contributed by atoms with van der Waals surface area (Å²) < 4.78 is 5.56. The molecule has 0 aliphatic rings. The minimum absolute atomic E-state index is 0.294. The van der Waals surface area contributed by atoms with E-state index in [1.54, 1.807) is 6.92 Å². The predicted molar refractivity (Wildman–Crippen MR) is 72.7 cm³/mol. The van der Waals surface area contributed by atoms with E-state index < -0.39 is 6.10 Å². The van der Waals surface area contributed by atoms with E-state index >= 15 is 0 Å². The Balaban J connectivity index is 2.64. The van der Waals surface area contributed by atoms with Gasteiger partial charge in [-0.15, -0.1) is 0 Å². The Morgan fingerprint density at radius 1 is 1.33 bits per heavy atom. The van der Waals surface area contributed by atoms with Crippen molar-refractivity contribution in [3.05, 3.63) is 23.5 Å². The van der Waals surface area contributed by atoms with Gasteiger partial charge in [-0.25, -0.2) is 0 Å². The van der Waals surface area contributed by atoms with Gasteiger partial charge in [0, 0.05) is 12.2 Å². The molecule has 0 aliphatic heterocycles. The van der Waals surface area contributed by atoms with E-state index in [0.717, 1.165) is 23.7 Å². The number of rotatable bonds is 7. The molecular weight excluding hydrogens is 228 g/mol. The third kappa shape index (κ3) is 5.47. The summed E-state index contributed by atoms with van der Waals surface area (Å²) in [4.78, 5) is 4.48. The maximum atomic E-state index is 9.25. The molecule has 1 aromatic rings. The van der Waals surface area contributed by atoms with Crippen molar-refractivity contribution in [2.75, 3.05) is 13.2 Å². The van der Waals surface area contributed by atoms with Crippen LogP contribution in [-0.2, 0) is 6.54 Å². The molecule has 0 fully saturated rings. The van der Waals surface area contributed by atoms with Crippen molar-refractivity contribution in [1.29, 1.82) is 0 Å². The fourth-order valence-corrected chi connectivity index (χ4v) is 1.55. The van der Waals surface area contributed by atoms with Crippen LogP contribution in [0.3, 0.4) is 0 Å². The Hall–Kier alpha value is -1.13. The Bertz CT molecular complexity index is 365. The SMILES string of the molecule is Cc1ccc(OCC(C)O)c(CNCC(C)C)n1. The van der Waals surface area contributed by atoms with Crippen molar-refractivity contribution >= 4 is 0 Å². The summed E-state index contributed by atoms with van der Waals surface area (Å²) in [7, 11) is 0. The number of aliphatic hydroxyl groups is 1. The molecule has 0 aromatic carbocycles. The maximum Gasteiger partial charge on any atom is 0.142 e. The van der Waals surface area contributed by atoms with Crippen molar-refractivity contribution in [1.82, 2.24) is 10.3 Å².